The number of ether oxygens (including phenoxy) is 1. The fraction of sp³-hybridized carbons (Fsp3) is 0.286. The second-order valence-corrected chi connectivity index (χ2v) is 6.73. The topological polar surface area (TPSA) is 61.2 Å². The summed E-state index contributed by atoms with van der Waals surface area (Å²) in [7, 11) is 0. The molecule has 26 heavy (non-hydrogen) atoms. The molecule has 1 aliphatic rings. The summed E-state index contributed by atoms with van der Waals surface area (Å²) in [6.45, 7) is 2.69. The van der Waals surface area contributed by atoms with Crippen molar-refractivity contribution in [3.63, 3.8) is 0 Å². The van der Waals surface area contributed by atoms with Gasteiger partial charge in [0.15, 0.2) is 0 Å². The fourth-order valence-electron chi connectivity index (χ4n) is 3.32. The van der Waals surface area contributed by atoms with Crippen molar-refractivity contribution in [1.82, 2.24) is 9.55 Å². The van der Waals surface area contributed by atoms with E-state index in [0.717, 1.165) is 37.1 Å². The Balaban J connectivity index is 1.69. The lowest BCUT2D eigenvalue weighted by atomic mass is 10.1. The standard InChI is InChI=1S/C21H20N2O3/c1-14-6-9-16(10-7-14)26-21(25)15-8-11-17-18(13-15)22-19-5-3-2-4-12-23(19)20(17)24/h6-11,13H,2-5,12H2,1H3. The van der Waals surface area contributed by atoms with Crippen molar-refractivity contribution in [2.75, 3.05) is 0 Å². The maximum absolute atomic E-state index is 12.7. The Hall–Kier alpha value is -2.95. The van der Waals surface area contributed by atoms with E-state index in [9.17, 15) is 9.59 Å². The number of hydrogen-bond acceptors (Lipinski definition) is 4. The van der Waals surface area contributed by atoms with Crippen LogP contribution in [0.15, 0.2) is 47.3 Å². The maximum Gasteiger partial charge on any atom is 0.343 e. The Kier molecular flexibility index (Phi) is 4.29. The number of nitrogens with zero attached hydrogens (tertiary/aromatic N) is 2. The number of benzene rings is 2. The molecule has 2 aromatic carbocycles. The van der Waals surface area contributed by atoms with Gasteiger partial charge in [0, 0.05) is 13.0 Å². The molecule has 0 radical (unpaired) electrons. The lowest BCUT2D eigenvalue weighted by Gasteiger charge is -2.11. The van der Waals surface area contributed by atoms with E-state index >= 15 is 0 Å². The number of rotatable bonds is 2. The van der Waals surface area contributed by atoms with Gasteiger partial charge in [0.2, 0.25) is 0 Å². The monoisotopic (exact) mass is 348 g/mol. The lowest BCUT2D eigenvalue weighted by molar-refractivity contribution is 0.0735. The molecule has 0 saturated heterocycles. The number of aromatic nitrogens is 2. The molecule has 0 bridgehead atoms. The van der Waals surface area contributed by atoms with Crippen LogP contribution in [0.2, 0.25) is 0 Å². The first-order valence-electron chi connectivity index (χ1n) is 8.94. The van der Waals surface area contributed by atoms with Crippen LogP contribution in [0.1, 0.15) is 41.0 Å². The van der Waals surface area contributed by atoms with E-state index < -0.39 is 5.97 Å². The molecule has 5 heteroatoms. The van der Waals surface area contributed by atoms with Crippen molar-refractivity contribution in [2.24, 2.45) is 0 Å². The molecule has 0 unspecified atom stereocenters. The Morgan fingerprint density at radius 2 is 1.88 bits per heavy atom. The van der Waals surface area contributed by atoms with Crippen LogP contribution in [-0.4, -0.2) is 15.5 Å². The molecule has 0 fully saturated rings. The van der Waals surface area contributed by atoms with E-state index in [-0.39, 0.29) is 5.56 Å². The van der Waals surface area contributed by atoms with Crippen LogP contribution in [0.4, 0.5) is 0 Å². The Morgan fingerprint density at radius 1 is 1.08 bits per heavy atom. The number of aryl methyl sites for hydroxylation is 2. The van der Waals surface area contributed by atoms with Crippen LogP contribution in [0.25, 0.3) is 10.9 Å². The molecule has 0 amide bonds. The quantitative estimate of drug-likeness (QED) is 0.524. The third-order valence-electron chi connectivity index (χ3n) is 4.78. The highest BCUT2D eigenvalue weighted by Crippen LogP contribution is 2.18. The van der Waals surface area contributed by atoms with Gasteiger partial charge in [-0.1, -0.05) is 24.1 Å². The van der Waals surface area contributed by atoms with E-state index in [1.54, 1.807) is 34.9 Å². The van der Waals surface area contributed by atoms with E-state index in [2.05, 4.69) is 4.98 Å². The summed E-state index contributed by atoms with van der Waals surface area (Å²) in [5, 5.41) is 0.544. The van der Waals surface area contributed by atoms with Crippen molar-refractivity contribution < 1.29 is 9.53 Å². The molecule has 0 atom stereocenters. The average Bonchev–Trinajstić information content (AvgIpc) is 2.89. The van der Waals surface area contributed by atoms with Gasteiger partial charge in [0.25, 0.3) is 5.56 Å². The van der Waals surface area contributed by atoms with Crippen LogP contribution in [0.5, 0.6) is 5.75 Å². The van der Waals surface area contributed by atoms with Gasteiger partial charge in [-0.25, -0.2) is 9.78 Å². The highest BCUT2D eigenvalue weighted by Gasteiger charge is 2.16. The molecule has 3 aromatic rings. The highest BCUT2D eigenvalue weighted by atomic mass is 16.5. The minimum Gasteiger partial charge on any atom is -0.423 e. The second kappa shape index (κ2) is 6.75. The van der Waals surface area contributed by atoms with Crippen LogP contribution < -0.4 is 10.3 Å². The summed E-state index contributed by atoms with van der Waals surface area (Å²) in [6.07, 6.45) is 3.94. The van der Waals surface area contributed by atoms with Crippen LogP contribution in [0, 0.1) is 6.92 Å². The molecule has 0 spiro atoms. The van der Waals surface area contributed by atoms with Gasteiger partial charge >= 0.3 is 5.97 Å². The van der Waals surface area contributed by atoms with Gasteiger partial charge in [-0.3, -0.25) is 9.36 Å². The minimum atomic E-state index is -0.451. The van der Waals surface area contributed by atoms with E-state index in [1.807, 2.05) is 19.1 Å². The Bertz CT molecular complexity index is 1040. The zero-order valence-electron chi connectivity index (χ0n) is 14.7. The van der Waals surface area contributed by atoms with Crippen molar-refractivity contribution in [3.05, 3.63) is 69.8 Å². The largest absolute Gasteiger partial charge is 0.423 e. The van der Waals surface area contributed by atoms with Gasteiger partial charge in [0.05, 0.1) is 16.5 Å². The molecule has 0 N–H and O–H groups in total. The van der Waals surface area contributed by atoms with E-state index in [0.29, 0.717) is 28.8 Å². The smallest absolute Gasteiger partial charge is 0.343 e. The molecule has 0 aliphatic carbocycles. The maximum atomic E-state index is 12.7. The van der Waals surface area contributed by atoms with E-state index in [1.165, 1.54) is 0 Å². The average molecular weight is 348 g/mol. The van der Waals surface area contributed by atoms with Crippen molar-refractivity contribution in [2.45, 2.75) is 39.2 Å². The lowest BCUT2D eigenvalue weighted by Crippen LogP contribution is -2.24. The Labute approximate surface area is 151 Å². The summed E-state index contributed by atoms with van der Waals surface area (Å²) in [6, 6.07) is 12.3. The molecule has 2 heterocycles. The molecule has 5 nitrogen and oxygen atoms in total. The zero-order valence-corrected chi connectivity index (χ0v) is 14.7. The first-order chi connectivity index (χ1) is 12.6. The predicted octanol–water partition coefficient (Wildman–Crippen LogP) is 3.65. The van der Waals surface area contributed by atoms with Gasteiger partial charge in [-0.2, -0.15) is 0 Å². The Morgan fingerprint density at radius 3 is 2.69 bits per heavy atom. The van der Waals surface area contributed by atoms with Crippen molar-refractivity contribution in [3.8, 4) is 5.75 Å². The third kappa shape index (κ3) is 3.12. The first-order valence-corrected chi connectivity index (χ1v) is 8.94. The number of hydrogen-bond donors (Lipinski definition) is 0. The van der Waals surface area contributed by atoms with E-state index in [4.69, 9.17) is 4.74 Å². The molecular formula is C21H20N2O3. The first kappa shape index (κ1) is 16.5. The molecule has 0 saturated carbocycles. The highest BCUT2D eigenvalue weighted by molar-refractivity contribution is 5.95. The van der Waals surface area contributed by atoms with Gasteiger partial charge in [0.1, 0.15) is 11.6 Å². The molecule has 1 aliphatic heterocycles. The van der Waals surface area contributed by atoms with Gasteiger partial charge in [-0.15, -0.1) is 0 Å². The van der Waals surface area contributed by atoms with Gasteiger partial charge < -0.3 is 4.74 Å². The number of carbonyl (C=O) groups is 1. The number of esters is 1. The molecule has 1 aromatic heterocycles. The van der Waals surface area contributed by atoms with Gasteiger partial charge in [-0.05, 0) is 50.1 Å². The predicted molar refractivity (Wildman–Crippen MR) is 99.7 cm³/mol. The second-order valence-electron chi connectivity index (χ2n) is 6.73. The third-order valence-corrected chi connectivity index (χ3v) is 4.78. The number of fused-ring (bicyclic) bond motifs is 2. The van der Waals surface area contributed by atoms with Crippen molar-refractivity contribution in [1.29, 1.82) is 0 Å². The summed E-state index contributed by atoms with van der Waals surface area (Å²) in [5.74, 6) is 0.854. The van der Waals surface area contributed by atoms with Crippen LogP contribution in [0.3, 0.4) is 0 Å². The molecule has 4 rings (SSSR count). The fourth-order valence-corrected chi connectivity index (χ4v) is 3.32. The van der Waals surface area contributed by atoms with Crippen LogP contribution in [-0.2, 0) is 13.0 Å². The molecular weight excluding hydrogens is 328 g/mol. The summed E-state index contributed by atoms with van der Waals surface area (Å²) >= 11 is 0. The van der Waals surface area contributed by atoms with Crippen LogP contribution >= 0.6 is 0 Å². The number of carbonyl (C=O) groups excluding carboxylic acids is 1. The minimum absolute atomic E-state index is 0.0228. The van der Waals surface area contributed by atoms with Crippen molar-refractivity contribution >= 4 is 16.9 Å². The summed E-state index contributed by atoms with van der Waals surface area (Å²) in [4.78, 5) is 29.8. The normalized spacial score (nSPS) is 13.9. The molecule has 132 valence electrons. The zero-order chi connectivity index (χ0) is 18.1. The SMILES string of the molecule is Cc1ccc(OC(=O)c2ccc3c(=O)n4c(nc3c2)CCCCC4)cc1. The summed E-state index contributed by atoms with van der Waals surface area (Å²) < 4.78 is 7.19. The summed E-state index contributed by atoms with van der Waals surface area (Å²) in [5.41, 5.74) is 2.02.